The Balaban J connectivity index is 1.63. The molecule has 1 atom stereocenters. The maximum absolute atomic E-state index is 11.4. The van der Waals surface area contributed by atoms with E-state index in [2.05, 4.69) is 10.2 Å². The monoisotopic (exact) mass is 354 g/mol. The Labute approximate surface area is 152 Å². The van der Waals surface area contributed by atoms with E-state index in [-0.39, 0.29) is 17.5 Å². The Bertz CT molecular complexity index is 792. The molecule has 0 spiro atoms. The number of nitro benzene ring substituents is 1. The van der Waals surface area contributed by atoms with E-state index in [0.29, 0.717) is 18.8 Å². The van der Waals surface area contributed by atoms with Crippen molar-refractivity contribution in [3.8, 4) is 0 Å². The molecule has 1 amide bonds. The first-order valence-corrected chi connectivity index (χ1v) is 8.65. The molecule has 7 heteroatoms. The molecule has 0 bridgehead atoms. The molecule has 1 aliphatic rings. The molecule has 0 saturated carbocycles. The van der Waals surface area contributed by atoms with Gasteiger partial charge in [-0.2, -0.15) is 0 Å². The quantitative estimate of drug-likeness (QED) is 0.613. The molecule has 1 saturated heterocycles. The molecule has 1 unspecified atom stereocenters. The van der Waals surface area contributed by atoms with Crippen molar-refractivity contribution in [3.05, 3.63) is 64.2 Å². The van der Waals surface area contributed by atoms with E-state index in [1.165, 1.54) is 6.07 Å². The van der Waals surface area contributed by atoms with Crippen molar-refractivity contribution in [1.82, 2.24) is 0 Å². The molecule has 7 nitrogen and oxygen atoms in total. The van der Waals surface area contributed by atoms with Crippen molar-refractivity contribution in [2.45, 2.75) is 19.4 Å². The Hall–Kier alpha value is -3.09. The number of nitrogens with two attached hydrogens (primary N) is 1. The minimum absolute atomic E-state index is 0.0648. The highest BCUT2D eigenvalue weighted by Gasteiger charge is 2.24. The summed E-state index contributed by atoms with van der Waals surface area (Å²) in [5.74, 6) is -0.330. The van der Waals surface area contributed by atoms with Crippen LogP contribution in [0.4, 0.5) is 17.1 Å². The van der Waals surface area contributed by atoms with Crippen LogP contribution in [-0.2, 0) is 11.3 Å². The molecular formula is C19H22N4O3. The zero-order chi connectivity index (χ0) is 18.5. The van der Waals surface area contributed by atoms with Gasteiger partial charge in [0.1, 0.15) is 5.69 Å². The molecule has 0 aromatic heterocycles. The largest absolute Gasteiger partial charge is 0.375 e. The van der Waals surface area contributed by atoms with Gasteiger partial charge in [0.15, 0.2) is 0 Å². The van der Waals surface area contributed by atoms with Crippen molar-refractivity contribution >= 4 is 23.0 Å². The summed E-state index contributed by atoms with van der Waals surface area (Å²) in [5.41, 5.74) is 8.09. The van der Waals surface area contributed by atoms with Gasteiger partial charge in [0.05, 0.1) is 10.8 Å². The van der Waals surface area contributed by atoms with Crippen LogP contribution in [0.25, 0.3) is 0 Å². The van der Waals surface area contributed by atoms with E-state index in [9.17, 15) is 14.9 Å². The van der Waals surface area contributed by atoms with Crippen LogP contribution in [-0.4, -0.2) is 23.9 Å². The fraction of sp³-hybridized carbons (Fsp3) is 0.316. The number of nitrogens with zero attached hydrogens (tertiary/aromatic N) is 2. The Morgan fingerprint density at radius 2 is 1.96 bits per heavy atom. The van der Waals surface area contributed by atoms with E-state index in [4.69, 9.17) is 5.73 Å². The summed E-state index contributed by atoms with van der Waals surface area (Å²) in [7, 11) is 0. The van der Waals surface area contributed by atoms with E-state index in [1.807, 2.05) is 24.3 Å². The summed E-state index contributed by atoms with van der Waals surface area (Å²) in [5, 5.41) is 14.2. The number of rotatable bonds is 6. The first-order chi connectivity index (χ1) is 12.5. The highest BCUT2D eigenvalue weighted by atomic mass is 16.6. The van der Waals surface area contributed by atoms with Gasteiger partial charge in [0, 0.05) is 31.4 Å². The van der Waals surface area contributed by atoms with Crippen molar-refractivity contribution in [1.29, 1.82) is 0 Å². The van der Waals surface area contributed by atoms with E-state index >= 15 is 0 Å². The van der Waals surface area contributed by atoms with Gasteiger partial charge in [-0.1, -0.05) is 24.3 Å². The second kappa shape index (κ2) is 7.86. The second-order valence-electron chi connectivity index (χ2n) is 6.48. The summed E-state index contributed by atoms with van der Waals surface area (Å²) in [6.07, 6.45) is 1.80. The van der Waals surface area contributed by atoms with Gasteiger partial charge in [-0.05, 0) is 36.6 Å². The first-order valence-electron chi connectivity index (χ1n) is 8.65. The third-order valence-corrected chi connectivity index (χ3v) is 4.71. The number of primary amides is 1. The number of carbonyl (C=O) groups excluding carboxylic acids is 1. The molecule has 2 aromatic rings. The lowest BCUT2D eigenvalue weighted by atomic mass is 9.97. The highest BCUT2D eigenvalue weighted by molar-refractivity contribution is 5.77. The van der Waals surface area contributed by atoms with Gasteiger partial charge < -0.3 is 16.0 Å². The van der Waals surface area contributed by atoms with Gasteiger partial charge in [-0.3, -0.25) is 14.9 Å². The molecule has 0 aliphatic carbocycles. The first kappa shape index (κ1) is 17.7. The smallest absolute Gasteiger partial charge is 0.292 e. The number of para-hydroxylation sites is 2. The molecule has 0 radical (unpaired) electrons. The number of benzene rings is 2. The van der Waals surface area contributed by atoms with E-state index < -0.39 is 4.92 Å². The summed E-state index contributed by atoms with van der Waals surface area (Å²) in [6.45, 7) is 2.07. The minimum atomic E-state index is -0.392. The third kappa shape index (κ3) is 4.11. The van der Waals surface area contributed by atoms with Crippen molar-refractivity contribution in [2.75, 3.05) is 23.3 Å². The SMILES string of the molecule is NC(=O)C1CCCN(c2ccc(CNc3ccccc3[N+](=O)[O-])cc2)C1. The maximum Gasteiger partial charge on any atom is 0.292 e. The summed E-state index contributed by atoms with van der Waals surface area (Å²) in [4.78, 5) is 24.3. The van der Waals surface area contributed by atoms with Crippen LogP contribution in [0, 0.1) is 16.0 Å². The molecule has 1 heterocycles. The van der Waals surface area contributed by atoms with Crippen LogP contribution >= 0.6 is 0 Å². The average molecular weight is 354 g/mol. The molecule has 3 N–H and O–H groups in total. The molecule has 1 aliphatic heterocycles. The predicted octanol–water partition coefficient (Wildman–Crippen LogP) is 2.91. The van der Waals surface area contributed by atoms with Crippen LogP contribution in [0.5, 0.6) is 0 Å². The van der Waals surface area contributed by atoms with Crippen molar-refractivity contribution < 1.29 is 9.72 Å². The topological polar surface area (TPSA) is 102 Å². The Morgan fingerprint density at radius 1 is 1.23 bits per heavy atom. The van der Waals surface area contributed by atoms with Gasteiger partial charge in [0.25, 0.3) is 5.69 Å². The number of piperidine rings is 1. The number of amides is 1. The second-order valence-corrected chi connectivity index (χ2v) is 6.48. The zero-order valence-electron chi connectivity index (χ0n) is 14.4. The van der Waals surface area contributed by atoms with Crippen LogP contribution < -0.4 is 16.0 Å². The average Bonchev–Trinajstić information content (AvgIpc) is 2.67. The Kier molecular flexibility index (Phi) is 5.36. The predicted molar refractivity (Wildman–Crippen MR) is 101 cm³/mol. The summed E-state index contributed by atoms with van der Waals surface area (Å²) >= 11 is 0. The molecule has 136 valence electrons. The van der Waals surface area contributed by atoms with Crippen molar-refractivity contribution in [3.63, 3.8) is 0 Å². The number of nitrogens with one attached hydrogen (secondary N) is 1. The van der Waals surface area contributed by atoms with E-state index in [0.717, 1.165) is 30.6 Å². The molecular weight excluding hydrogens is 332 g/mol. The summed E-state index contributed by atoms with van der Waals surface area (Å²) in [6, 6.07) is 14.6. The maximum atomic E-state index is 11.4. The molecule has 26 heavy (non-hydrogen) atoms. The molecule has 3 rings (SSSR count). The Morgan fingerprint density at radius 3 is 2.65 bits per heavy atom. The lowest BCUT2D eigenvalue weighted by Gasteiger charge is -2.33. The number of hydrogen-bond donors (Lipinski definition) is 2. The van der Waals surface area contributed by atoms with Gasteiger partial charge in [-0.15, -0.1) is 0 Å². The fourth-order valence-electron chi connectivity index (χ4n) is 3.25. The standard InChI is InChI=1S/C19H22N4O3/c20-19(24)15-4-3-11-22(13-15)16-9-7-14(8-10-16)12-21-17-5-1-2-6-18(17)23(25)26/h1-2,5-10,15,21H,3-4,11-13H2,(H2,20,24). The third-order valence-electron chi connectivity index (χ3n) is 4.71. The van der Waals surface area contributed by atoms with Gasteiger partial charge in [-0.25, -0.2) is 0 Å². The van der Waals surface area contributed by atoms with Crippen LogP contribution in [0.2, 0.25) is 0 Å². The van der Waals surface area contributed by atoms with Crippen molar-refractivity contribution in [2.24, 2.45) is 11.7 Å². The number of hydrogen-bond acceptors (Lipinski definition) is 5. The van der Waals surface area contributed by atoms with Crippen LogP contribution in [0.1, 0.15) is 18.4 Å². The summed E-state index contributed by atoms with van der Waals surface area (Å²) < 4.78 is 0. The fourth-order valence-corrected chi connectivity index (χ4v) is 3.25. The normalized spacial score (nSPS) is 16.9. The lowest BCUT2D eigenvalue weighted by Crippen LogP contribution is -2.41. The molecule has 2 aromatic carbocycles. The number of anilines is 2. The van der Waals surface area contributed by atoms with E-state index in [1.54, 1.807) is 18.2 Å². The number of nitro groups is 1. The lowest BCUT2D eigenvalue weighted by molar-refractivity contribution is -0.384. The van der Waals surface area contributed by atoms with Gasteiger partial charge >= 0.3 is 0 Å². The highest BCUT2D eigenvalue weighted by Crippen LogP contribution is 2.25. The zero-order valence-corrected chi connectivity index (χ0v) is 14.4. The van der Waals surface area contributed by atoms with Gasteiger partial charge in [0.2, 0.25) is 5.91 Å². The molecule has 1 fully saturated rings. The van der Waals surface area contributed by atoms with Crippen LogP contribution in [0.3, 0.4) is 0 Å². The minimum Gasteiger partial charge on any atom is -0.375 e. The van der Waals surface area contributed by atoms with Crippen LogP contribution in [0.15, 0.2) is 48.5 Å². The number of carbonyl (C=O) groups is 1.